The Morgan fingerprint density at radius 2 is 2.00 bits per heavy atom. The first-order valence-corrected chi connectivity index (χ1v) is 8.18. The van der Waals surface area contributed by atoms with Crippen LogP contribution in [0.4, 0.5) is 5.69 Å². The van der Waals surface area contributed by atoms with Crippen molar-refractivity contribution >= 4 is 33.9 Å². The first kappa shape index (κ1) is 14.3. The maximum absolute atomic E-state index is 5.96. The van der Waals surface area contributed by atoms with Gasteiger partial charge in [0.15, 0.2) is 0 Å². The van der Waals surface area contributed by atoms with Gasteiger partial charge in [-0.25, -0.2) is 4.98 Å². The molecule has 0 aliphatic carbocycles. The number of aromatic nitrogens is 1. The SMILES string of the molecule is C=C1c2cc(CC)ccc2CN1c1ccc2nc(Cl)ccc2c1. The topological polar surface area (TPSA) is 16.1 Å². The number of hydrogen-bond donors (Lipinski definition) is 0. The third-order valence-electron chi connectivity index (χ3n) is 4.50. The molecule has 0 N–H and O–H groups in total. The van der Waals surface area contributed by atoms with Gasteiger partial charge >= 0.3 is 0 Å². The molecule has 1 aliphatic heterocycles. The fourth-order valence-electron chi connectivity index (χ4n) is 3.16. The molecule has 3 heteroatoms. The molecule has 114 valence electrons. The molecule has 0 saturated carbocycles. The smallest absolute Gasteiger partial charge is 0.129 e. The second-order valence-electron chi connectivity index (χ2n) is 5.89. The largest absolute Gasteiger partial charge is 0.337 e. The van der Waals surface area contributed by atoms with Gasteiger partial charge in [-0.2, -0.15) is 0 Å². The number of nitrogens with zero attached hydrogens (tertiary/aromatic N) is 2. The van der Waals surface area contributed by atoms with Crippen molar-refractivity contribution in [3.63, 3.8) is 0 Å². The second kappa shape index (κ2) is 5.39. The third kappa shape index (κ3) is 2.40. The Balaban J connectivity index is 1.74. The van der Waals surface area contributed by atoms with E-state index in [0.29, 0.717) is 5.15 Å². The molecule has 0 spiro atoms. The van der Waals surface area contributed by atoms with Gasteiger partial charge in [-0.15, -0.1) is 0 Å². The van der Waals surface area contributed by atoms with Crippen molar-refractivity contribution in [1.82, 2.24) is 4.98 Å². The summed E-state index contributed by atoms with van der Waals surface area (Å²) in [4.78, 5) is 6.61. The summed E-state index contributed by atoms with van der Waals surface area (Å²) in [5.74, 6) is 0. The molecule has 0 amide bonds. The fraction of sp³-hybridized carbons (Fsp3) is 0.150. The maximum Gasteiger partial charge on any atom is 0.129 e. The molecular formula is C20H17ClN2. The van der Waals surface area contributed by atoms with Crippen molar-refractivity contribution in [1.29, 1.82) is 0 Å². The van der Waals surface area contributed by atoms with Gasteiger partial charge in [0.05, 0.1) is 5.52 Å². The Bertz CT molecular complexity index is 930. The second-order valence-corrected chi connectivity index (χ2v) is 6.28. The number of pyridine rings is 1. The summed E-state index contributed by atoms with van der Waals surface area (Å²) in [7, 11) is 0. The summed E-state index contributed by atoms with van der Waals surface area (Å²) in [6, 6.07) is 16.8. The molecule has 0 bridgehead atoms. The van der Waals surface area contributed by atoms with Gasteiger partial charge < -0.3 is 4.90 Å². The number of anilines is 1. The van der Waals surface area contributed by atoms with E-state index in [9.17, 15) is 0 Å². The van der Waals surface area contributed by atoms with E-state index >= 15 is 0 Å². The van der Waals surface area contributed by atoms with E-state index in [2.05, 4.69) is 53.7 Å². The lowest BCUT2D eigenvalue weighted by Crippen LogP contribution is -2.12. The standard InChI is InChI=1S/C20H17ClN2/c1-3-14-4-5-16-12-23(13(2)18(16)10-14)17-7-8-19-15(11-17)6-9-20(21)22-19/h4-11H,2-3,12H2,1H3. The monoisotopic (exact) mass is 320 g/mol. The van der Waals surface area contributed by atoms with Crippen LogP contribution >= 0.6 is 11.6 Å². The minimum Gasteiger partial charge on any atom is -0.337 e. The normalized spacial score (nSPS) is 13.7. The highest BCUT2D eigenvalue weighted by Crippen LogP contribution is 2.37. The van der Waals surface area contributed by atoms with Crippen molar-refractivity contribution < 1.29 is 0 Å². The Morgan fingerprint density at radius 1 is 1.13 bits per heavy atom. The van der Waals surface area contributed by atoms with Crippen molar-refractivity contribution in [3.8, 4) is 0 Å². The minimum absolute atomic E-state index is 0.523. The Morgan fingerprint density at radius 3 is 2.83 bits per heavy atom. The molecule has 0 radical (unpaired) electrons. The molecule has 2 heterocycles. The zero-order chi connectivity index (χ0) is 16.0. The maximum atomic E-state index is 5.96. The van der Waals surface area contributed by atoms with Crippen LogP contribution in [0.3, 0.4) is 0 Å². The van der Waals surface area contributed by atoms with Crippen LogP contribution in [-0.4, -0.2) is 4.98 Å². The average Bonchev–Trinajstić information content (AvgIpc) is 2.90. The van der Waals surface area contributed by atoms with E-state index in [1.807, 2.05) is 18.2 Å². The van der Waals surface area contributed by atoms with E-state index in [4.69, 9.17) is 11.6 Å². The molecule has 1 aromatic heterocycles. The number of halogens is 1. The minimum atomic E-state index is 0.523. The number of benzene rings is 2. The van der Waals surface area contributed by atoms with Crippen LogP contribution in [0, 0.1) is 0 Å². The van der Waals surface area contributed by atoms with Crippen LogP contribution in [0.5, 0.6) is 0 Å². The lowest BCUT2D eigenvalue weighted by molar-refractivity contribution is 1.04. The van der Waals surface area contributed by atoms with E-state index < -0.39 is 0 Å². The first-order chi connectivity index (χ1) is 11.2. The van der Waals surface area contributed by atoms with E-state index in [1.54, 1.807) is 0 Å². The molecule has 0 unspecified atom stereocenters. The molecule has 2 aromatic carbocycles. The molecule has 0 atom stereocenters. The van der Waals surface area contributed by atoms with Crippen LogP contribution in [0.25, 0.3) is 16.6 Å². The van der Waals surface area contributed by atoms with Gasteiger partial charge in [0.25, 0.3) is 0 Å². The van der Waals surface area contributed by atoms with Gasteiger partial charge in [-0.3, -0.25) is 0 Å². The lowest BCUT2D eigenvalue weighted by Gasteiger charge is -2.20. The summed E-state index contributed by atoms with van der Waals surface area (Å²) < 4.78 is 0. The van der Waals surface area contributed by atoms with E-state index in [-0.39, 0.29) is 0 Å². The summed E-state index contributed by atoms with van der Waals surface area (Å²) in [5.41, 5.74) is 7.07. The van der Waals surface area contributed by atoms with Crippen LogP contribution in [0.2, 0.25) is 5.15 Å². The van der Waals surface area contributed by atoms with Crippen molar-refractivity contribution in [2.45, 2.75) is 19.9 Å². The molecule has 1 aliphatic rings. The predicted octanol–water partition coefficient (Wildman–Crippen LogP) is 5.44. The summed E-state index contributed by atoms with van der Waals surface area (Å²) in [6.45, 7) is 7.36. The molecule has 3 aromatic rings. The number of hydrogen-bond acceptors (Lipinski definition) is 2. The highest BCUT2D eigenvalue weighted by atomic mass is 35.5. The highest BCUT2D eigenvalue weighted by molar-refractivity contribution is 6.29. The average molecular weight is 321 g/mol. The lowest BCUT2D eigenvalue weighted by atomic mass is 10.0. The van der Waals surface area contributed by atoms with Crippen LogP contribution < -0.4 is 4.90 Å². The van der Waals surface area contributed by atoms with Crippen molar-refractivity contribution in [2.75, 3.05) is 4.90 Å². The van der Waals surface area contributed by atoms with Crippen LogP contribution in [0.1, 0.15) is 23.6 Å². The van der Waals surface area contributed by atoms with Gasteiger partial charge in [0.1, 0.15) is 5.15 Å². The molecule has 0 saturated heterocycles. The van der Waals surface area contributed by atoms with Crippen molar-refractivity contribution in [3.05, 3.63) is 77.0 Å². The number of fused-ring (bicyclic) bond motifs is 2. The molecule has 0 fully saturated rings. The van der Waals surface area contributed by atoms with E-state index in [1.165, 1.54) is 16.7 Å². The van der Waals surface area contributed by atoms with Gasteiger partial charge in [-0.1, -0.05) is 37.2 Å². The Kier molecular flexibility index (Phi) is 3.35. The summed E-state index contributed by atoms with van der Waals surface area (Å²) in [6.07, 6.45) is 1.04. The summed E-state index contributed by atoms with van der Waals surface area (Å²) in [5, 5.41) is 1.61. The number of rotatable bonds is 2. The quantitative estimate of drug-likeness (QED) is 0.584. The van der Waals surface area contributed by atoms with Gasteiger partial charge in [0.2, 0.25) is 0 Å². The van der Waals surface area contributed by atoms with Crippen LogP contribution in [0.15, 0.2) is 55.1 Å². The zero-order valence-electron chi connectivity index (χ0n) is 13.0. The van der Waals surface area contributed by atoms with Gasteiger partial charge in [0, 0.05) is 28.9 Å². The number of aryl methyl sites for hydroxylation is 1. The molecule has 23 heavy (non-hydrogen) atoms. The zero-order valence-corrected chi connectivity index (χ0v) is 13.8. The molecule has 2 nitrogen and oxygen atoms in total. The first-order valence-electron chi connectivity index (χ1n) is 7.80. The van der Waals surface area contributed by atoms with Gasteiger partial charge in [-0.05, 0) is 53.9 Å². The van der Waals surface area contributed by atoms with Crippen molar-refractivity contribution in [2.24, 2.45) is 0 Å². The summed E-state index contributed by atoms with van der Waals surface area (Å²) >= 11 is 5.96. The van der Waals surface area contributed by atoms with E-state index in [0.717, 1.165) is 35.3 Å². The molecule has 4 rings (SSSR count). The predicted molar refractivity (Wildman–Crippen MR) is 97.8 cm³/mol. The Hall–Kier alpha value is -2.32. The Labute approximate surface area is 141 Å². The van der Waals surface area contributed by atoms with Crippen LogP contribution in [-0.2, 0) is 13.0 Å². The highest BCUT2D eigenvalue weighted by Gasteiger charge is 2.23. The fourth-order valence-corrected chi connectivity index (χ4v) is 3.32. The molecular weight excluding hydrogens is 304 g/mol. The third-order valence-corrected chi connectivity index (χ3v) is 4.71.